The van der Waals surface area contributed by atoms with Gasteiger partial charge in [-0.05, 0) is 12.1 Å². The Labute approximate surface area is 117 Å². The van der Waals surface area contributed by atoms with Gasteiger partial charge in [-0.25, -0.2) is 0 Å². The Hall–Kier alpha value is -2.01. The molecule has 19 heavy (non-hydrogen) atoms. The van der Waals surface area contributed by atoms with Crippen LogP contribution in [0.1, 0.15) is 20.7 Å². The number of carbonyl (C=O) groups excluding carboxylic acids is 1. The van der Waals surface area contributed by atoms with Gasteiger partial charge >= 0.3 is 0 Å². The summed E-state index contributed by atoms with van der Waals surface area (Å²) in [6.07, 6.45) is 0. The number of alkyl halides is 1. The summed E-state index contributed by atoms with van der Waals surface area (Å²) in [5.41, 5.74) is 0.941. The Morgan fingerprint density at radius 1 is 1.05 bits per heavy atom. The number of phenols is 2. The molecule has 2 aromatic carbocycles. The van der Waals surface area contributed by atoms with Gasteiger partial charge in [-0.2, -0.15) is 0 Å². The normalized spacial score (nSPS) is 17.1. The number of phenolic OH excluding ortho intramolecular Hbond substituents is 2. The number of rotatable bonds is 0. The number of hydrogen-bond donors (Lipinski definition) is 2. The lowest BCUT2D eigenvalue weighted by Gasteiger charge is -2.08. The minimum Gasteiger partial charge on any atom is -0.504 e. The quantitative estimate of drug-likeness (QED) is 0.575. The Bertz CT molecular complexity index is 681. The van der Waals surface area contributed by atoms with Crippen molar-refractivity contribution in [1.82, 2.24) is 0 Å². The van der Waals surface area contributed by atoms with E-state index in [4.69, 9.17) is 4.74 Å². The van der Waals surface area contributed by atoms with Gasteiger partial charge in [-0.3, -0.25) is 4.79 Å². The fourth-order valence-corrected chi connectivity index (χ4v) is 2.64. The van der Waals surface area contributed by atoms with Crippen molar-refractivity contribution in [3.05, 3.63) is 47.5 Å². The molecule has 4 nitrogen and oxygen atoms in total. The van der Waals surface area contributed by atoms with Crippen molar-refractivity contribution in [3.8, 4) is 23.0 Å². The lowest BCUT2D eigenvalue weighted by Crippen LogP contribution is -2.05. The first kappa shape index (κ1) is 12.0. The molecule has 0 saturated carbocycles. The Balaban J connectivity index is 2.25. The number of para-hydroxylation sites is 1. The maximum atomic E-state index is 12.3. The van der Waals surface area contributed by atoms with Gasteiger partial charge in [-0.15, -0.1) is 0 Å². The molecule has 0 spiro atoms. The van der Waals surface area contributed by atoms with Crippen LogP contribution in [0.5, 0.6) is 23.0 Å². The van der Waals surface area contributed by atoms with Crippen LogP contribution in [0.3, 0.4) is 0 Å². The highest BCUT2D eigenvalue weighted by atomic mass is 79.9. The molecule has 0 bridgehead atoms. The monoisotopic (exact) mass is 320 g/mol. The smallest absolute Gasteiger partial charge is 0.184 e. The first-order chi connectivity index (χ1) is 9.08. The first-order valence-electron chi connectivity index (χ1n) is 5.59. The number of benzene rings is 2. The molecular formula is C14H9BrO4. The Morgan fingerprint density at radius 3 is 2.53 bits per heavy atom. The molecule has 2 aromatic rings. The van der Waals surface area contributed by atoms with Gasteiger partial charge in [-0.1, -0.05) is 34.1 Å². The van der Waals surface area contributed by atoms with Crippen LogP contribution in [0.15, 0.2) is 36.4 Å². The Morgan fingerprint density at radius 2 is 1.74 bits per heavy atom. The van der Waals surface area contributed by atoms with E-state index >= 15 is 0 Å². The van der Waals surface area contributed by atoms with Crippen molar-refractivity contribution in [2.75, 3.05) is 0 Å². The second kappa shape index (κ2) is 4.28. The van der Waals surface area contributed by atoms with Crippen LogP contribution in [0.25, 0.3) is 0 Å². The summed E-state index contributed by atoms with van der Waals surface area (Å²) in [6, 6.07) is 9.61. The summed E-state index contributed by atoms with van der Waals surface area (Å²) in [6.45, 7) is 0. The van der Waals surface area contributed by atoms with E-state index in [9.17, 15) is 15.0 Å². The Kier molecular flexibility index (Phi) is 2.71. The molecule has 1 aliphatic rings. The summed E-state index contributed by atoms with van der Waals surface area (Å²) >= 11 is 3.34. The van der Waals surface area contributed by atoms with Gasteiger partial charge in [0.2, 0.25) is 0 Å². The highest BCUT2D eigenvalue weighted by Gasteiger charge is 2.30. The van der Waals surface area contributed by atoms with E-state index in [-0.39, 0.29) is 28.6 Å². The van der Waals surface area contributed by atoms with Crippen LogP contribution in [-0.4, -0.2) is 16.0 Å². The second-order valence-electron chi connectivity index (χ2n) is 4.20. The number of fused-ring (bicyclic) bond motifs is 2. The molecule has 0 aromatic heterocycles. The van der Waals surface area contributed by atoms with Crippen LogP contribution in [0.4, 0.5) is 0 Å². The van der Waals surface area contributed by atoms with Gasteiger partial charge < -0.3 is 14.9 Å². The molecule has 1 atom stereocenters. The summed E-state index contributed by atoms with van der Waals surface area (Å²) in [7, 11) is 0. The molecule has 1 unspecified atom stereocenters. The standard InChI is InChI=1S/C14H9BrO4/c15-13-7-3-1-2-4-11(7)19-12-6-10(17)9(16)5-8(12)14(13)18/h1-6,13,16-17H. The molecule has 0 aliphatic carbocycles. The van der Waals surface area contributed by atoms with Crippen LogP contribution in [-0.2, 0) is 0 Å². The van der Waals surface area contributed by atoms with Gasteiger partial charge in [0.15, 0.2) is 17.3 Å². The molecule has 0 amide bonds. The van der Waals surface area contributed by atoms with E-state index in [2.05, 4.69) is 15.9 Å². The zero-order valence-electron chi connectivity index (χ0n) is 9.63. The molecule has 96 valence electrons. The maximum absolute atomic E-state index is 12.3. The fraction of sp³-hybridized carbons (Fsp3) is 0.0714. The number of ketones is 1. The van der Waals surface area contributed by atoms with Gasteiger partial charge in [0.05, 0.1) is 5.56 Å². The van der Waals surface area contributed by atoms with Crippen molar-refractivity contribution >= 4 is 21.7 Å². The molecular weight excluding hydrogens is 312 g/mol. The summed E-state index contributed by atoms with van der Waals surface area (Å²) < 4.78 is 5.66. The average Bonchev–Trinajstić information content (AvgIpc) is 2.50. The fourth-order valence-electron chi connectivity index (χ4n) is 2.01. The van der Waals surface area contributed by atoms with Crippen molar-refractivity contribution in [2.45, 2.75) is 4.83 Å². The number of halogens is 1. The molecule has 1 heterocycles. The summed E-state index contributed by atoms with van der Waals surface area (Å²) in [5, 5.41) is 19.0. The summed E-state index contributed by atoms with van der Waals surface area (Å²) in [5.74, 6) is -0.120. The third kappa shape index (κ3) is 1.86. The van der Waals surface area contributed by atoms with E-state index < -0.39 is 4.83 Å². The molecule has 1 aliphatic heterocycles. The van der Waals surface area contributed by atoms with E-state index in [1.807, 2.05) is 6.07 Å². The minimum atomic E-state index is -0.547. The lowest BCUT2D eigenvalue weighted by atomic mass is 10.0. The zero-order chi connectivity index (χ0) is 13.6. The van der Waals surface area contributed by atoms with E-state index in [0.717, 1.165) is 0 Å². The number of hydrogen-bond acceptors (Lipinski definition) is 4. The number of aromatic hydroxyl groups is 2. The molecule has 0 saturated heterocycles. The number of ether oxygens (including phenoxy) is 1. The van der Waals surface area contributed by atoms with E-state index in [0.29, 0.717) is 11.3 Å². The van der Waals surface area contributed by atoms with Crippen molar-refractivity contribution < 1.29 is 19.7 Å². The van der Waals surface area contributed by atoms with Crippen molar-refractivity contribution in [2.24, 2.45) is 0 Å². The second-order valence-corrected chi connectivity index (χ2v) is 5.12. The van der Waals surface area contributed by atoms with Gasteiger partial charge in [0.25, 0.3) is 0 Å². The SMILES string of the molecule is O=C1c2cc(O)c(O)cc2Oc2ccccc2C1Br. The third-order valence-corrected chi connectivity index (χ3v) is 3.89. The molecule has 0 fully saturated rings. The average molecular weight is 321 g/mol. The largest absolute Gasteiger partial charge is 0.504 e. The predicted molar refractivity (Wildman–Crippen MR) is 72.3 cm³/mol. The lowest BCUT2D eigenvalue weighted by molar-refractivity contribution is 0.0991. The highest BCUT2D eigenvalue weighted by Crippen LogP contribution is 2.44. The van der Waals surface area contributed by atoms with Gasteiger partial charge in [0.1, 0.15) is 16.3 Å². The summed E-state index contributed by atoms with van der Waals surface area (Å²) in [4.78, 5) is 11.8. The third-order valence-electron chi connectivity index (χ3n) is 2.98. The first-order valence-corrected chi connectivity index (χ1v) is 6.50. The van der Waals surface area contributed by atoms with Crippen molar-refractivity contribution in [3.63, 3.8) is 0 Å². The number of Topliss-reactive ketones (excluding diaryl/α,β-unsaturated/α-hetero) is 1. The molecule has 5 heteroatoms. The maximum Gasteiger partial charge on any atom is 0.184 e. The van der Waals surface area contributed by atoms with Crippen molar-refractivity contribution in [1.29, 1.82) is 0 Å². The predicted octanol–water partition coefficient (Wildman–Crippen LogP) is 3.52. The van der Waals surface area contributed by atoms with E-state index in [1.54, 1.807) is 18.2 Å². The number of carbonyl (C=O) groups is 1. The van der Waals surface area contributed by atoms with Crippen LogP contribution < -0.4 is 4.74 Å². The zero-order valence-corrected chi connectivity index (χ0v) is 11.2. The van der Waals surface area contributed by atoms with E-state index in [1.165, 1.54) is 12.1 Å². The van der Waals surface area contributed by atoms with Crippen LogP contribution in [0, 0.1) is 0 Å². The topological polar surface area (TPSA) is 66.8 Å². The van der Waals surface area contributed by atoms with Crippen LogP contribution >= 0.6 is 15.9 Å². The molecule has 0 radical (unpaired) electrons. The van der Waals surface area contributed by atoms with Gasteiger partial charge in [0, 0.05) is 11.6 Å². The molecule has 3 rings (SSSR count). The van der Waals surface area contributed by atoms with Crippen LogP contribution in [0.2, 0.25) is 0 Å². The minimum absolute atomic E-state index is 0.227. The molecule has 2 N–H and O–H groups in total. The highest BCUT2D eigenvalue weighted by molar-refractivity contribution is 9.09.